The first-order chi connectivity index (χ1) is 11.5. The van der Waals surface area contributed by atoms with E-state index in [1.807, 2.05) is 26.4 Å². The van der Waals surface area contributed by atoms with Crippen LogP contribution in [0.3, 0.4) is 0 Å². The molecule has 2 aromatic heterocycles. The second-order valence-corrected chi connectivity index (χ2v) is 6.90. The summed E-state index contributed by atoms with van der Waals surface area (Å²) >= 11 is 0. The smallest absolute Gasteiger partial charge is 0.236 e. The molecular formula is C17H26N6O. The topological polar surface area (TPSA) is 68.4 Å². The Morgan fingerprint density at radius 2 is 2.17 bits per heavy atom. The first kappa shape index (κ1) is 16.7. The van der Waals surface area contributed by atoms with Crippen molar-refractivity contribution in [2.75, 3.05) is 45.7 Å². The van der Waals surface area contributed by atoms with Gasteiger partial charge in [0.05, 0.1) is 11.9 Å². The minimum atomic E-state index is 0.154. The van der Waals surface area contributed by atoms with Crippen molar-refractivity contribution in [2.45, 2.75) is 19.4 Å². The summed E-state index contributed by atoms with van der Waals surface area (Å²) in [6.07, 6.45) is 4.58. The van der Waals surface area contributed by atoms with Crippen LogP contribution in [0.1, 0.15) is 13.3 Å². The summed E-state index contributed by atoms with van der Waals surface area (Å²) in [5.41, 5.74) is 0.856. The van der Waals surface area contributed by atoms with Crippen molar-refractivity contribution in [3.05, 3.63) is 18.6 Å². The molecule has 0 radical (unpaired) electrons. The molecule has 2 unspecified atom stereocenters. The monoisotopic (exact) mass is 330 g/mol. The summed E-state index contributed by atoms with van der Waals surface area (Å²) in [6, 6.07) is 2.34. The SMILES string of the molecule is CC1CCN(CC(=O)N(C)C)CC1N(C)c1ncnc2[nH]ccc12. The predicted octanol–water partition coefficient (Wildman–Crippen LogP) is 1.19. The van der Waals surface area contributed by atoms with Crippen molar-refractivity contribution in [3.63, 3.8) is 0 Å². The third-order valence-electron chi connectivity index (χ3n) is 5.02. The lowest BCUT2D eigenvalue weighted by molar-refractivity contribution is -0.130. The maximum atomic E-state index is 12.0. The van der Waals surface area contributed by atoms with Gasteiger partial charge in [0.25, 0.3) is 0 Å². The van der Waals surface area contributed by atoms with Gasteiger partial charge in [-0.3, -0.25) is 9.69 Å². The minimum absolute atomic E-state index is 0.154. The Morgan fingerprint density at radius 1 is 1.38 bits per heavy atom. The molecule has 24 heavy (non-hydrogen) atoms. The molecule has 1 fully saturated rings. The number of aromatic nitrogens is 3. The van der Waals surface area contributed by atoms with Crippen LogP contribution >= 0.6 is 0 Å². The average Bonchev–Trinajstić information content (AvgIpc) is 3.04. The van der Waals surface area contributed by atoms with Crippen LogP contribution in [0.5, 0.6) is 0 Å². The third-order valence-corrected chi connectivity index (χ3v) is 5.02. The molecule has 1 aliphatic rings. The van der Waals surface area contributed by atoms with Gasteiger partial charge in [0.2, 0.25) is 5.91 Å². The lowest BCUT2D eigenvalue weighted by atomic mass is 9.92. The number of fused-ring (bicyclic) bond motifs is 1. The minimum Gasteiger partial charge on any atom is -0.354 e. The van der Waals surface area contributed by atoms with Gasteiger partial charge in [-0.2, -0.15) is 0 Å². The molecule has 7 heteroatoms. The lowest BCUT2D eigenvalue weighted by Crippen LogP contribution is -2.53. The highest BCUT2D eigenvalue weighted by Gasteiger charge is 2.31. The van der Waals surface area contributed by atoms with Crippen LogP contribution in [-0.2, 0) is 4.79 Å². The normalized spacial score (nSPS) is 21.8. The van der Waals surface area contributed by atoms with Crippen LogP contribution in [-0.4, -0.2) is 77.5 Å². The number of likely N-dealkylation sites (N-methyl/N-ethyl adjacent to an activating group) is 2. The number of H-pyrrole nitrogens is 1. The molecule has 0 aliphatic carbocycles. The molecule has 0 aromatic carbocycles. The molecule has 2 aromatic rings. The standard InChI is InChI=1S/C17H26N6O/c1-12-6-8-23(10-15(24)21(2)3)9-14(12)22(4)17-13-5-7-18-16(13)19-11-20-17/h5,7,11-12,14H,6,8-10H2,1-4H3,(H,18,19,20). The van der Waals surface area contributed by atoms with Crippen molar-refractivity contribution in [1.29, 1.82) is 0 Å². The van der Waals surface area contributed by atoms with Gasteiger partial charge in [0.15, 0.2) is 0 Å². The number of anilines is 1. The van der Waals surface area contributed by atoms with Crippen molar-refractivity contribution < 1.29 is 4.79 Å². The predicted molar refractivity (Wildman–Crippen MR) is 95.0 cm³/mol. The number of piperidine rings is 1. The molecule has 0 spiro atoms. The van der Waals surface area contributed by atoms with Crippen LogP contribution in [0.15, 0.2) is 18.6 Å². The number of hydrogen-bond acceptors (Lipinski definition) is 5. The highest BCUT2D eigenvalue weighted by Crippen LogP contribution is 2.28. The van der Waals surface area contributed by atoms with E-state index in [2.05, 4.69) is 38.7 Å². The fourth-order valence-electron chi connectivity index (χ4n) is 3.39. The van der Waals surface area contributed by atoms with Crippen LogP contribution in [0.2, 0.25) is 0 Å². The Kier molecular flexibility index (Phi) is 4.71. The third kappa shape index (κ3) is 3.21. The number of hydrogen-bond donors (Lipinski definition) is 1. The zero-order valence-corrected chi connectivity index (χ0v) is 14.9. The summed E-state index contributed by atoms with van der Waals surface area (Å²) in [5, 5.41) is 1.04. The summed E-state index contributed by atoms with van der Waals surface area (Å²) < 4.78 is 0. The van der Waals surface area contributed by atoms with Crippen molar-refractivity contribution >= 4 is 22.8 Å². The first-order valence-electron chi connectivity index (χ1n) is 8.40. The Bertz CT molecular complexity index is 712. The molecule has 7 nitrogen and oxygen atoms in total. The van der Waals surface area contributed by atoms with Gasteiger partial charge in [-0.25, -0.2) is 9.97 Å². The number of rotatable bonds is 4. The molecular weight excluding hydrogens is 304 g/mol. The number of amides is 1. The van der Waals surface area contributed by atoms with Gasteiger partial charge in [0.1, 0.15) is 17.8 Å². The van der Waals surface area contributed by atoms with E-state index in [1.54, 1.807) is 11.2 Å². The summed E-state index contributed by atoms with van der Waals surface area (Å²) in [6.45, 7) is 4.59. The van der Waals surface area contributed by atoms with E-state index in [0.717, 1.165) is 36.4 Å². The molecule has 3 heterocycles. The number of likely N-dealkylation sites (tertiary alicyclic amines) is 1. The number of nitrogens with zero attached hydrogens (tertiary/aromatic N) is 5. The Morgan fingerprint density at radius 3 is 2.92 bits per heavy atom. The number of nitrogens with one attached hydrogen (secondary N) is 1. The molecule has 1 amide bonds. The van der Waals surface area contributed by atoms with Crippen LogP contribution in [0.4, 0.5) is 5.82 Å². The fourth-order valence-corrected chi connectivity index (χ4v) is 3.39. The van der Waals surface area contributed by atoms with Crippen LogP contribution in [0.25, 0.3) is 11.0 Å². The van der Waals surface area contributed by atoms with Gasteiger partial charge < -0.3 is 14.8 Å². The lowest BCUT2D eigenvalue weighted by Gasteiger charge is -2.42. The molecule has 0 saturated carbocycles. The number of carbonyl (C=O) groups is 1. The molecule has 3 rings (SSSR count). The van der Waals surface area contributed by atoms with Gasteiger partial charge in [-0.15, -0.1) is 0 Å². The second-order valence-electron chi connectivity index (χ2n) is 6.90. The zero-order chi connectivity index (χ0) is 17.3. The maximum absolute atomic E-state index is 12.0. The van der Waals surface area contributed by atoms with Gasteiger partial charge in [-0.1, -0.05) is 6.92 Å². The highest BCUT2D eigenvalue weighted by molar-refractivity contribution is 5.87. The fraction of sp³-hybridized carbons (Fsp3) is 0.588. The Balaban J connectivity index is 1.78. The first-order valence-corrected chi connectivity index (χ1v) is 8.40. The number of aromatic amines is 1. The maximum Gasteiger partial charge on any atom is 0.236 e. The Hall–Kier alpha value is -2.15. The quantitative estimate of drug-likeness (QED) is 0.912. The van der Waals surface area contributed by atoms with E-state index in [-0.39, 0.29) is 5.91 Å². The molecule has 1 saturated heterocycles. The van der Waals surface area contributed by atoms with Gasteiger partial charge in [0, 0.05) is 39.9 Å². The highest BCUT2D eigenvalue weighted by atomic mass is 16.2. The van der Waals surface area contributed by atoms with Crippen molar-refractivity contribution in [1.82, 2.24) is 24.8 Å². The summed E-state index contributed by atoms with van der Waals surface area (Å²) in [7, 11) is 5.71. The molecule has 2 atom stereocenters. The van der Waals surface area contributed by atoms with Crippen LogP contribution in [0, 0.1) is 5.92 Å². The molecule has 130 valence electrons. The van der Waals surface area contributed by atoms with E-state index >= 15 is 0 Å². The molecule has 1 N–H and O–H groups in total. The van der Waals surface area contributed by atoms with Gasteiger partial charge in [-0.05, 0) is 24.9 Å². The summed E-state index contributed by atoms with van der Waals surface area (Å²) in [5.74, 6) is 1.64. The Labute approximate surface area is 142 Å². The van der Waals surface area contributed by atoms with Gasteiger partial charge >= 0.3 is 0 Å². The van der Waals surface area contributed by atoms with E-state index < -0.39 is 0 Å². The van der Waals surface area contributed by atoms with E-state index in [1.165, 1.54) is 0 Å². The molecule has 0 bridgehead atoms. The second kappa shape index (κ2) is 6.76. The largest absolute Gasteiger partial charge is 0.354 e. The van der Waals surface area contributed by atoms with Crippen molar-refractivity contribution in [2.24, 2.45) is 5.92 Å². The van der Waals surface area contributed by atoms with E-state index in [4.69, 9.17) is 0 Å². The van der Waals surface area contributed by atoms with E-state index in [9.17, 15) is 4.79 Å². The van der Waals surface area contributed by atoms with Crippen LogP contribution < -0.4 is 4.90 Å². The molecule has 1 aliphatic heterocycles. The number of carbonyl (C=O) groups excluding carboxylic acids is 1. The average molecular weight is 330 g/mol. The zero-order valence-electron chi connectivity index (χ0n) is 14.9. The summed E-state index contributed by atoms with van der Waals surface area (Å²) in [4.78, 5) is 30.1. The van der Waals surface area contributed by atoms with Crippen molar-refractivity contribution in [3.8, 4) is 0 Å². The van der Waals surface area contributed by atoms with E-state index in [0.29, 0.717) is 18.5 Å².